The smallest absolute Gasteiger partial charge is 0.0969 e. The molecule has 0 radical (unpaired) electrons. The molecule has 0 spiro atoms. The van der Waals surface area contributed by atoms with Gasteiger partial charge in [0.25, 0.3) is 0 Å². The zero-order valence-corrected chi connectivity index (χ0v) is 12.2. The Balaban J connectivity index is 2.11. The van der Waals surface area contributed by atoms with Crippen molar-refractivity contribution in [2.75, 3.05) is 20.3 Å². The van der Waals surface area contributed by atoms with Crippen LogP contribution in [0.1, 0.15) is 24.6 Å². The van der Waals surface area contributed by atoms with Crippen molar-refractivity contribution in [1.29, 1.82) is 0 Å². The number of nitrogens with one attached hydrogen (secondary N) is 1. The molecular formula is C15H22N4O. The lowest BCUT2D eigenvalue weighted by Gasteiger charge is -2.08. The molecule has 0 unspecified atom stereocenters. The molecule has 1 aromatic carbocycles. The molecule has 5 heteroatoms. The van der Waals surface area contributed by atoms with Crippen LogP contribution in [0.4, 0.5) is 0 Å². The van der Waals surface area contributed by atoms with Gasteiger partial charge in [-0.3, -0.25) is 0 Å². The summed E-state index contributed by atoms with van der Waals surface area (Å²) in [5.41, 5.74) is 3.24. The van der Waals surface area contributed by atoms with E-state index >= 15 is 0 Å². The second kappa shape index (κ2) is 7.77. The Morgan fingerprint density at radius 1 is 1.30 bits per heavy atom. The summed E-state index contributed by atoms with van der Waals surface area (Å²) in [5, 5.41) is 11.8. The second-order valence-electron chi connectivity index (χ2n) is 4.70. The monoisotopic (exact) mass is 274 g/mol. The maximum Gasteiger partial charge on any atom is 0.0969 e. The van der Waals surface area contributed by atoms with Gasteiger partial charge >= 0.3 is 0 Å². The second-order valence-corrected chi connectivity index (χ2v) is 4.70. The van der Waals surface area contributed by atoms with E-state index in [-0.39, 0.29) is 0 Å². The Kier molecular flexibility index (Phi) is 5.70. The fourth-order valence-corrected chi connectivity index (χ4v) is 2.05. The van der Waals surface area contributed by atoms with Crippen LogP contribution >= 0.6 is 0 Å². The van der Waals surface area contributed by atoms with Crippen molar-refractivity contribution in [3.8, 4) is 5.69 Å². The molecule has 0 aliphatic heterocycles. The predicted molar refractivity (Wildman–Crippen MR) is 78.9 cm³/mol. The molecule has 0 bridgehead atoms. The van der Waals surface area contributed by atoms with Crippen LogP contribution in [0.25, 0.3) is 5.69 Å². The van der Waals surface area contributed by atoms with E-state index in [0.29, 0.717) is 6.61 Å². The highest BCUT2D eigenvalue weighted by Gasteiger charge is 2.07. The van der Waals surface area contributed by atoms with Gasteiger partial charge in [-0.25, -0.2) is 4.68 Å². The first-order valence-electron chi connectivity index (χ1n) is 7.04. The molecule has 5 nitrogen and oxygen atoms in total. The predicted octanol–water partition coefficient (Wildman–Crippen LogP) is 1.96. The lowest BCUT2D eigenvalue weighted by molar-refractivity contribution is 0.202. The normalized spacial score (nSPS) is 10.9. The number of methoxy groups -OCH3 is 1. The number of para-hydroxylation sites is 1. The van der Waals surface area contributed by atoms with Gasteiger partial charge in [0.15, 0.2) is 0 Å². The average molecular weight is 274 g/mol. The third kappa shape index (κ3) is 3.88. The van der Waals surface area contributed by atoms with Gasteiger partial charge in [0.2, 0.25) is 0 Å². The number of aromatic nitrogens is 3. The maximum atomic E-state index is 5.15. The molecular weight excluding hydrogens is 252 g/mol. The van der Waals surface area contributed by atoms with Crippen LogP contribution in [0, 0.1) is 0 Å². The number of nitrogens with zero attached hydrogens (tertiary/aromatic N) is 3. The van der Waals surface area contributed by atoms with Gasteiger partial charge in [-0.15, -0.1) is 5.10 Å². The Morgan fingerprint density at radius 2 is 2.15 bits per heavy atom. The van der Waals surface area contributed by atoms with E-state index < -0.39 is 0 Å². The highest BCUT2D eigenvalue weighted by atomic mass is 16.5. The zero-order valence-electron chi connectivity index (χ0n) is 12.2. The first-order chi connectivity index (χ1) is 9.85. The number of benzene rings is 1. The van der Waals surface area contributed by atoms with Crippen molar-refractivity contribution >= 4 is 0 Å². The summed E-state index contributed by atoms with van der Waals surface area (Å²) in [4.78, 5) is 0. The number of hydrogen-bond acceptors (Lipinski definition) is 4. The fourth-order valence-electron chi connectivity index (χ4n) is 2.05. The minimum Gasteiger partial charge on any atom is -0.384 e. The third-order valence-corrected chi connectivity index (χ3v) is 3.09. The van der Waals surface area contributed by atoms with Gasteiger partial charge in [-0.2, -0.15) is 0 Å². The molecule has 2 rings (SSSR count). The van der Waals surface area contributed by atoms with Crippen LogP contribution in [0.2, 0.25) is 0 Å². The molecule has 0 saturated carbocycles. The number of rotatable bonds is 8. The molecule has 1 N–H and O–H groups in total. The van der Waals surface area contributed by atoms with E-state index in [1.165, 1.54) is 5.56 Å². The molecule has 20 heavy (non-hydrogen) atoms. The summed E-state index contributed by atoms with van der Waals surface area (Å²) in [7, 11) is 1.72. The first-order valence-corrected chi connectivity index (χ1v) is 7.04. The van der Waals surface area contributed by atoms with Crippen LogP contribution in [-0.2, 0) is 17.7 Å². The van der Waals surface area contributed by atoms with Gasteiger partial charge in [0, 0.05) is 13.7 Å². The van der Waals surface area contributed by atoms with Gasteiger partial charge in [0.05, 0.1) is 24.2 Å². The topological polar surface area (TPSA) is 52.0 Å². The summed E-state index contributed by atoms with van der Waals surface area (Å²) >= 11 is 0. The molecule has 0 aliphatic carbocycles. The summed E-state index contributed by atoms with van der Waals surface area (Å²) in [6.07, 6.45) is 3.97. The van der Waals surface area contributed by atoms with E-state index in [4.69, 9.17) is 4.74 Å². The van der Waals surface area contributed by atoms with E-state index in [1.54, 1.807) is 7.11 Å². The van der Waals surface area contributed by atoms with Crippen molar-refractivity contribution in [1.82, 2.24) is 20.3 Å². The highest BCUT2D eigenvalue weighted by Crippen LogP contribution is 2.14. The Hall–Kier alpha value is -1.72. The highest BCUT2D eigenvalue weighted by molar-refractivity contribution is 5.40. The molecule has 108 valence electrons. The van der Waals surface area contributed by atoms with Crippen LogP contribution in [0.3, 0.4) is 0 Å². The third-order valence-electron chi connectivity index (χ3n) is 3.09. The van der Waals surface area contributed by atoms with Gasteiger partial charge in [0.1, 0.15) is 0 Å². The van der Waals surface area contributed by atoms with Crippen molar-refractivity contribution in [3.05, 3.63) is 41.7 Å². The minimum atomic E-state index is 0.705. The van der Waals surface area contributed by atoms with Crippen molar-refractivity contribution < 1.29 is 4.74 Å². The molecule has 0 atom stereocenters. The van der Waals surface area contributed by atoms with Crippen molar-refractivity contribution in [2.45, 2.75) is 26.3 Å². The molecule has 2 aromatic rings. The lowest BCUT2D eigenvalue weighted by atomic mass is 10.1. The van der Waals surface area contributed by atoms with Crippen molar-refractivity contribution in [3.63, 3.8) is 0 Å². The van der Waals surface area contributed by atoms with E-state index in [2.05, 4.69) is 34.7 Å². The molecule has 0 amide bonds. The van der Waals surface area contributed by atoms with Crippen LogP contribution in [0.15, 0.2) is 30.5 Å². The molecule has 0 aliphatic rings. The maximum absolute atomic E-state index is 5.15. The number of ether oxygens (including phenoxy) is 1. The first kappa shape index (κ1) is 14.7. The van der Waals surface area contributed by atoms with Gasteiger partial charge in [-0.1, -0.05) is 30.3 Å². The van der Waals surface area contributed by atoms with Crippen molar-refractivity contribution in [2.24, 2.45) is 0 Å². The zero-order chi connectivity index (χ0) is 14.2. The fraction of sp³-hybridized carbons (Fsp3) is 0.467. The van der Waals surface area contributed by atoms with E-state index in [1.807, 2.05) is 23.0 Å². The Bertz CT molecular complexity index is 524. The average Bonchev–Trinajstić information content (AvgIpc) is 2.94. The van der Waals surface area contributed by atoms with Crippen LogP contribution in [0.5, 0.6) is 0 Å². The lowest BCUT2D eigenvalue weighted by Crippen LogP contribution is -2.13. The SMILES string of the molecule is CCCNCc1cn(-c2ccccc2CCOC)nn1. The summed E-state index contributed by atoms with van der Waals surface area (Å²) in [5.74, 6) is 0. The summed E-state index contributed by atoms with van der Waals surface area (Å²) in [6, 6.07) is 8.21. The molecule has 1 heterocycles. The van der Waals surface area contributed by atoms with Gasteiger partial charge in [-0.05, 0) is 31.0 Å². The van der Waals surface area contributed by atoms with Gasteiger partial charge < -0.3 is 10.1 Å². The summed E-state index contributed by atoms with van der Waals surface area (Å²) < 4.78 is 6.99. The Labute approximate surface area is 120 Å². The van der Waals surface area contributed by atoms with E-state index in [9.17, 15) is 0 Å². The van der Waals surface area contributed by atoms with Crippen LogP contribution < -0.4 is 5.32 Å². The number of hydrogen-bond donors (Lipinski definition) is 1. The Morgan fingerprint density at radius 3 is 2.95 bits per heavy atom. The molecule has 0 fully saturated rings. The standard InChI is InChI=1S/C15H22N4O/c1-3-9-16-11-14-12-19(18-17-14)15-7-5-4-6-13(15)8-10-20-2/h4-7,12,16H,3,8-11H2,1-2H3. The molecule has 0 saturated heterocycles. The summed E-state index contributed by atoms with van der Waals surface area (Å²) in [6.45, 7) is 4.61. The van der Waals surface area contributed by atoms with Crippen LogP contribution in [-0.4, -0.2) is 35.3 Å². The molecule has 1 aromatic heterocycles. The largest absolute Gasteiger partial charge is 0.384 e. The quantitative estimate of drug-likeness (QED) is 0.748. The minimum absolute atomic E-state index is 0.705. The van der Waals surface area contributed by atoms with E-state index in [0.717, 1.165) is 37.3 Å².